The van der Waals surface area contributed by atoms with Crippen LogP contribution in [0.3, 0.4) is 0 Å². The summed E-state index contributed by atoms with van der Waals surface area (Å²) in [7, 11) is 0. The third-order valence-electron chi connectivity index (χ3n) is 5.53. The molecule has 0 saturated carbocycles. The van der Waals surface area contributed by atoms with E-state index in [1.165, 1.54) is 12.1 Å². The predicted molar refractivity (Wildman–Crippen MR) is 136 cm³/mol. The fraction of sp³-hybridized carbons (Fsp3) is 0.286. The summed E-state index contributed by atoms with van der Waals surface area (Å²) in [6.45, 7) is 12.1. The zero-order valence-electron chi connectivity index (χ0n) is 20.3. The molecule has 0 N–H and O–H groups in total. The Balaban J connectivity index is 1.47. The van der Waals surface area contributed by atoms with Crippen LogP contribution in [0.2, 0.25) is 0 Å². The summed E-state index contributed by atoms with van der Waals surface area (Å²) in [5.41, 5.74) is 3.06. The highest BCUT2D eigenvalue weighted by Gasteiger charge is 2.26. The third-order valence-corrected chi connectivity index (χ3v) is 5.53. The van der Waals surface area contributed by atoms with E-state index in [1.54, 1.807) is 23.1 Å². The molecule has 0 spiro atoms. The average molecular weight is 476 g/mol. The van der Waals surface area contributed by atoms with Gasteiger partial charge in [0.25, 0.3) is 0 Å². The first kappa shape index (κ1) is 24.3. The maximum Gasteiger partial charge on any atom is 0.410 e. The van der Waals surface area contributed by atoms with Crippen LogP contribution in [0.25, 0.3) is 17.3 Å². The molecule has 7 heteroatoms. The van der Waals surface area contributed by atoms with Crippen molar-refractivity contribution >= 4 is 17.9 Å². The van der Waals surface area contributed by atoms with E-state index in [9.17, 15) is 9.18 Å². The van der Waals surface area contributed by atoms with Crippen molar-refractivity contribution in [1.82, 2.24) is 9.88 Å². The van der Waals surface area contributed by atoms with Gasteiger partial charge in [0.1, 0.15) is 22.9 Å². The minimum absolute atomic E-state index is 0.276. The Bertz CT molecular complexity index is 1180. The van der Waals surface area contributed by atoms with E-state index in [4.69, 9.17) is 14.5 Å². The second kappa shape index (κ2) is 10.2. The maximum atomic E-state index is 13.1. The first-order chi connectivity index (χ1) is 16.7. The van der Waals surface area contributed by atoms with Crippen molar-refractivity contribution in [2.45, 2.75) is 26.4 Å². The van der Waals surface area contributed by atoms with Gasteiger partial charge in [-0.1, -0.05) is 6.58 Å². The van der Waals surface area contributed by atoms with Gasteiger partial charge in [0.05, 0.1) is 11.4 Å². The standard InChI is InChI=1S/C28H30FN3O3/c1-5-22-18-23(31-14-16-32(17-15-31)27(33)35-28(2,3)4)19-26(30-22)20-6-10-24(11-7-20)34-25-12-8-21(29)9-13-25/h5-13,18-19H,1,14-17H2,2-4H3. The van der Waals surface area contributed by atoms with Gasteiger partial charge in [-0.3, -0.25) is 0 Å². The van der Waals surface area contributed by atoms with Crippen LogP contribution in [0.4, 0.5) is 14.9 Å². The van der Waals surface area contributed by atoms with Crippen molar-refractivity contribution < 1.29 is 18.7 Å². The van der Waals surface area contributed by atoms with Gasteiger partial charge < -0.3 is 19.3 Å². The van der Waals surface area contributed by atoms with Crippen LogP contribution in [0, 0.1) is 5.82 Å². The highest BCUT2D eigenvalue weighted by atomic mass is 19.1. The molecule has 0 bridgehead atoms. The zero-order chi connectivity index (χ0) is 25.0. The molecule has 1 fully saturated rings. The number of carbonyl (C=O) groups excluding carboxylic acids is 1. The normalized spacial score (nSPS) is 13.9. The molecular formula is C28H30FN3O3. The molecule has 1 saturated heterocycles. The Kier molecular flexibility index (Phi) is 7.05. The largest absolute Gasteiger partial charge is 0.457 e. The number of piperazine rings is 1. The molecule has 0 aliphatic carbocycles. The average Bonchev–Trinajstić information content (AvgIpc) is 2.84. The molecule has 182 valence electrons. The van der Waals surface area contributed by atoms with Gasteiger partial charge in [0.2, 0.25) is 0 Å². The fourth-order valence-electron chi connectivity index (χ4n) is 3.78. The van der Waals surface area contributed by atoms with Crippen LogP contribution in [-0.4, -0.2) is 47.8 Å². The van der Waals surface area contributed by atoms with Gasteiger partial charge in [0.15, 0.2) is 0 Å². The predicted octanol–water partition coefficient (Wildman–Crippen LogP) is 6.38. The van der Waals surface area contributed by atoms with Crippen molar-refractivity contribution in [1.29, 1.82) is 0 Å². The minimum atomic E-state index is -0.507. The molecule has 4 rings (SSSR count). The van der Waals surface area contributed by atoms with E-state index in [0.29, 0.717) is 37.7 Å². The number of hydrogen-bond donors (Lipinski definition) is 0. The maximum absolute atomic E-state index is 13.1. The Morgan fingerprint density at radius 2 is 1.57 bits per heavy atom. The van der Waals surface area contributed by atoms with Gasteiger partial charge in [-0.15, -0.1) is 0 Å². The molecule has 1 aliphatic rings. The first-order valence-corrected chi connectivity index (χ1v) is 11.6. The SMILES string of the molecule is C=Cc1cc(N2CCN(C(=O)OC(C)(C)C)CC2)cc(-c2ccc(Oc3ccc(F)cc3)cc2)n1. The summed E-state index contributed by atoms with van der Waals surface area (Å²) in [4.78, 5) is 21.1. The smallest absolute Gasteiger partial charge is 0.410 e. The van der Waals surface area contributed by atoms with E-state index in [2.05, 4.69) is 11.5 Å². The second-order valence-corrected chi connectivity index (χ2v) is 9.37. The van der Waals surface area contributed by atoms with E-state index in [0.717, 1.165) is 22.6 Å². The van der Waals surface area contributed by atoms with Crippen LogP contribution in [-0.2, 0) is 4.74 Å². The van der Waals surface area contributed by atoms with Gasteiger partial charge in [-0.25, -0.2) is 14.2 Å². The lowest BCUT2D eigenvalue weighted by Gasteiger charge is -2.37. The number of aromatic nitrogens is 1. The monoisotopic (exact) mass is 475 g/mol. The lowest BCUT2D eigenvalue weighted by Crippen LogP contribution is -2.50. The number of halogens is 1. The molecule has 0 radical (unpaired) electrons. The van der Waals surface area contributed by atoms with Crippen LogP contribution >= 0.6 is 0 Å². The summed E-state index contributed by atoms with van der Waals surface area (Å²) in [6, 6.07) is 17.6. The molecule has 3 aromatic rings. The second-order valence-electron chi connectivity index (χ2n) is 9.37. The van der Waals surface area contributed by atoms with Gasteiger partial charge in [-0.05, 0) is 87.5 Å². The van der Waals surface area contributed by atoms with Gasteiger partial charge in [0, 0.05) is 37.4 Å². The highest BCUT2D eigenvalue weighted by Crippen LogP contribution is 2.29. The summed E-state index contributed by atoms with van der Waals surface area (Å²) < 4.78 is 24.4. The molecule has 0 atom stereocenters. The number of hydrogen-bond acceptors (Lipinski definition) is 5. The van der Waals surface area contributed by atoms with Crippen LogP contribution in [0.1, 0.15) is 26.5 Å². The topological polar surface area (TPSA) is 54.9 Å². The van der Waals surface area contributed by atoms with E-state index in [-0.39, 0.29) is 11.9 Å². The Morgan fingerprint density at radius 1 is 0.971 bits per heavy atom. The van der Waals surface area contributed by atoms with E-state index >= 15 is 0 Å². The molecule has 1 amide bonds. The number of rotatable bonds is 5. The van der Waals surface area contributed by atoms with Crippen molar-refractivity contribution in [2.24, 2.45) is 0 Å². The quantitative estimate of drug-likeness (QED) is 0.429. The number of anilines is 1. The Morgan fingerprint density at radius 3 is 2.14 bits per heavy atom. The van der Waals surface area contributed by atoms with Crippen molar-refractivity contribution in [2.75, 3.05) is 31.1 Å². The highest BCUT2D eigenvalue weighted by molar-refractivity contribution is 5.70. The van der Waals surface area contributed by atoms with Crippen molar-refractivity contribution in [3.8, 4) is 22.8 Å². The van der Waals surface area contributed by atoms with Crippen LogP contribution < -0.4 is 9.64 Å². The lowest BCUT2D eigenvalue weighted by molar-refractivity contribution is 0.0240. The van der Waals surface area contributed by atoms with Crippen LogP contribution in [0.15, 0.2) is 67.2 Å². The summed E-state index contributed by atoms with van der Waals surface area (Å²) in [5.74, 6) is 0.917. The summed E-state index contributed by atoms with van der Waals surface area (Å²) >= 11 is 0. The van der Waals surface area contributed by atoms with Crippen molar-refractivity contribution in [3.63, 3.8) is 0 Å². The summed E-state index contributed by atoms with van der Waals surface area (Å²) in [6.07, 6.45) is 1.46. The molecule has 6 nitrogen and oxygen atoms in total. The molecule has 1 aliphatic heterocycles. The van der Waals surface area contributed by atoms with E-state index in [1.807, 2.05) is 57.2 Å². The van der Waals surface area contributed by atoms with Crippen LogP contribution in [0.5, 0.6) is 11.5 Å². The molecule has 0 unspecified atom stereocenters. The van der Waals surface area contributed by atoms with Gasteiger partial charge in [-0.2, -0.15) is 0 Å². The number of nitrogens with zero attached hydrogens (tertiary/aromatic N) is 3. The Hall–Kier alpha value is -3.87. The fourth-order valence-corrected chi connectivity index (χ4v) is 3.78. The lowest BCUT2D eigenvalue weighted by atomic mass is 10.1. The molecule has 1 aromatic heterocycles. The van der Waals surface area contributed by atoms with Crippen molar-refractivity contribution in [3.05, 3.63) is 78.8 Å². The molecule has 2 heterocycles. The number of pyridine rings is 1. The molecule has 35 heavy (non-hydrogen) atoms. The molecular weight excluding hydrogens is 445 g/mol. The number of benzene rings is 2. The summed E-state index contributed by atoms with van der Waals surface area (Å²) in [5, 5.41) is 0. The first-order valence-electron chi connectivity index (χ1n) is 11.6. The molecule has 2 aromatic carbocycles. The van der Waals surface area contributed by atoms with E-state index < -0.39 is 5.60 Å². The zero-order valence-corrected chi connectivity index (χ0v) is 20.3. The number of amides is 1. The number of ether oxygens (including phenoxy) is 2. The Labute approximate surface area is 205 Å². The minimum Gasteiger partial charge on any atom is -0.457 e. The van der Waals surface area contributed by atoms with Gasteiger partial charge >= 0.3 is 6.09 Å². The number of carbonyl (C=O) groups is 1. The third kappa shape index (κ3) is 6.38.